The molecule has 1 N–H and O–H groups in total. The highest BCUT2D eigenvalue weighted by atomic mass is 16.2. The van der Waals surface area contributed by atoms with Gasteiger partial charge in [-0.25, -0.2) is 0 Å². The molecule has 1 aromatic carbocycles. The van der Waals surface area contributed by atoms with Crippen LogP contribution in [0.15, 0.2) is 24.3 Å². The second kappa shape index (κ2) is 5.12. The van der Waals surface area contributed by atoms with Gasteiger partial charge in [-0.15, -0.1) is 0 Å². The number of nitrogens with zero attached hydrogens (tertiary/aromatic N) is 1. The third-order valence-corrected chi connectivity index (χ3v) is 3.07. The topological polar surface area (TPSA) is 32.3 Å². The lowest BCUT2D eigenvalue weighted by atomic mass is 10.1. The van der Waals surface area contributed by atoms with Gasteiger partial charge in [0.25, 0.3) is 0 Å². The summed E-state index contributed by atoms with van der Waals surface area (Å²) in [6, 6.07) is 8.09. The predicted octanol–water partition coefficient (Wildman–Crippen LogP) is 0.969. The molecule has 1 aliphatic heterocycles. The molecule has 0 saturated carbocycles. The minimum atomic E-state index is 0.246. The average molecular weight is 218 g/mol. The van der Waals surface area contributed by atoms with Gasteiger partial charge in [0.2, 0.25) is 5.91 Å². The number of carbonyl (C=O) groups excluding carboxylic acids is 1. The third kappa shape index (κ3) is 2.61. The van der Waals surface area contributed by atoms with Gasteiger partial charge in [0.1, 0.15) is 0 Å². The van der Waals surface area contributed by atoms with E-state index in [1.165, 1.54) is 5.56 Å². The standard InChI is InChI=1S/C13H18N2O/c1-11-4-2-3-5-12(11)10-13(16)15-8-6-14-7-9-15/h2-5,14H,6-10H2,1H3. The van der Waals surface area contributed by atoms with Crippen molar-refractivity contribution < 1.29 is 4.79 Å². The largest absolute Gasteiger partial charge is 0.340 e. The fraction of sp³-hybridized carbons (Fsp3) is 0.462. The third-order valence-electron chi connectivity index (χ3n) is 3.07. The maximum Gasteiger partial charge on any atom is 0.227 e. The summed E-state index contributed by atoms with van der Waals surface area (Å²) in [5, 5.41) is 3.25. The minimum Gasteiger partial charge on any atom is -0.340 e. The Hall–Kier alpha value is -1.35. The van der Waals surface area contributed by atoms with Crippen LogP contribution in [-0.4, -0.2) is 37.0 Å². The van der Waals surface area contributed by atoms with Crippen molar-refractivity contribution in [2.45, 2.75) is 13.3 Å². The molecule has 0 atom stereocenters. The quantitative estimate of drug-likeness (QED) is 0.802. The molecule has 1 amide bonds. The van der Waals surface area contributed by atoms with Gasteiger partial charge < -0.3 is 10.2 Å². The second-order valence-corrected chi connectivity index (χ2v) is 4.23. The van der Waals surface area contributed by atoms with E-state index >= 15 is 0 Å². The smallest absolute Gasteiger partial charge is 0.227 e. The highest BCUT2D eigenvalue weighted by Crippen LogP contribution is 2.09. The number of hydrogen-bond donors (Lipinski definition) is 1. The maximum atomic E-state index is 12.0. The summed E-state index contributed by atoms with van der Waals surface area (Å²) in [6.45, 7) is 5.56. The van der Waals surface area contributed by atoms with Crippen molar-refractivity contribution in [3.05, 3.63) is 35.4 Å². The zero-order valence-electron chi connectivity index (χ0n) is 9.70. The molecular formula is C13H18N2O. The molecule has 1 fully saturated rings. The van der Waals surface area contributed by atoms with E-state index in [4.69, 9.17) is 0 Å². The molecule has 1 aromatic rings. The van der Waals surface area contributed by atoms with Crippen LogP contribution in [0.5, 0.6) is 0 Å². The fourth-order valence-corrected chi connectivity index (χ4v) is 2.00. The van der Waals surface area contributed by atoms with Crippen molar-refractivity contribution in [3.63, 3.8) is 0 Å². The number of hydrogen-bond acceptors (Lipinski definition) is 2. The molecule has 3 heteroatoms. The first-order valence-corrected chi connectivity index (χ1v) is 5.80. The Kier molecular flexibility index (Phi) is 3.57. The van der Waals surface area contributed by atoms with E-state index in [0.29, 0.717) is 6.42 Å². The van der Waals surface area contributed by atoms with Gasteiger partial charge in [-0.05, 0) is 18.1 Å². The summed E-state index contributed by atoms with van der Waals surface area (Å²) in [4.78, 5) is 14.0. The van der Waals surface area contributed by atoms with Crippen LogP contribution in [0.1, 0.15) is 11.1 Å². The number of nitrogens with one attached hydrogen (secondary N) is 1. The van der Waals surface area contributed by atoms with Crippen molar-refractivity contribution in [2.24, 2.45) is 0 Å². The number of aryl methyl sites for hydroxylation is 1. The molecule has 0 bridgehead atoms. The summed E-state index contributed by atoms with van der Waals surface area (Å²) in [6.07, 6.45) is 0.534. The molecule has 0 radical (unpaired) electrons. The first-order chi connectivity index (χ1) is 7.77. The molecule has 86 valence electrons. The zero-order valence-corrected chi connectivity index (χ0v) is 9.70. The lowest BCUT2D eigenvalue weighted by Gasteiger charge is -2.27. The number of amides is 1. The summed E-state index contributed by atoms with van der Waals surface area (Å²) in [5.74, 6) is 0.246. The van der Waals surface area contributed by atoms with Crippen LogP contribution in [0.3, 0.4) is 0 Å². The van der Waals surface area contributed by atoms with E-state index in [0.717, 1.165) is 31.7 Å². The monoisotopic (exact) mass is 218 g/mol. The van der Waals surface area contributed by atoms with Gasteiger partial charge in [0, 0.05) is 26.2 Å². The highest BCUT2D eigenvalue weighted by Gasteiger charge is 2.16. The van der Waals surface area contributed by atoms with Crippen LogP contribution in [0.2, 0.25) is 0 Å². The van der Waals surface area contributed by atoms with E-state index in [2.05, 4.69) is 18.3 Å². The van der Waals surface area contributed by atoms with Crippen molar-refractivity contribution in [1.29, 1.82) is 0 Å². The molecule has 16 heavy (non-hydrogen) atoms. The lowest BCUT2D eigenvalue weighted by Crippen LogP contribution is -2.47. The van der Waals surface area contributed by atoms with E-state index in [1.54, 1.807) is 0 Å². The molecule has 0 unspecified atom stereocenters. The van der Waals surface area contributed by atoms with Gasteiger partial charge in [0.05, 0.1) is 6.42 Å². The Labute approximate surface area is 96.5 Å². The SMILES string of the molecule is Cc1ccccc1CC(=O)N1CCNCC1. The van der Waals surface area contributed by atoms with Crippen molar-refractivity contribution in [3.8, 4) is 0 Å². The molecule has 1 saturated heterocycles. The Morgan fingerprint density at radius 1 is 1.31 bits per heavy atom. The summed E-state index contributed by atoms with van der Waals surface area (Å²) in [7, 11) is 0. The van der Waals surface area contributed by atoms with Crippen LogP contribution < -0.4 is 5.32 Å². The molecule has 1 aliphatic rings. The van der Waals surface area contributed by atoms with E-state index in [9.17, 15) is 4.79 Å². The van der Waals surface area contributed by atoms with Crippen LogP contribution in [0.4, 0.5) is 0 Å². The highest BCUT2D eigenvalue weighted by molar-refractivity contribution is 5.79. The fourth-order valence-electron chi connectivity index (χ4n) is 2.00. The Balaban J connectivity index is 1.99. The van der Waals surface area contributed by atoms with Gasteiger partial charge in [-0.1, -0.05) is 24.3 Å². The van der Waals surface area contributed by atoms with Crippen LogP contribution in [-0.2, 0) is 11.2 Å². The Morgan fingerprint density at radius 3 is 2.69 bits per heavy atom. The molecule has 0 spiro atoms. The van der Waals surface area contributed by atoms with Crippen LogP contribution >= 0.6 is 0 Å². The molecule has 0 aromatic heterocycles. The molecule has 3 nitrogen and oxygen atoms in total. The van der Waals surface area contributed by atoms with Gasteiger partial charge in [-0.2, -0.15) is 0 Å². The first-order valence-electron chi connectivity index (χ1n) is 5.80. The van der Waals surface area contributed by atoms with E-state index in [-0.39, 0.29) is 5.91 Å². The Bertz CT molecular complexity index is 370. The average Bonchev–Trinajstić information content (AvgIpc) is 2.33. The summed E-state index contributed by atoms with van der Waals surface area (Å²) >= 11 is 0. The van der Waals surface area contributed by atoms with Crippen molar-refractivity contribution >= 4 is 5.91 Å². The normalized spacial score (nSPS) is 16.2. The van der Waals surface area contributed by atoms with Crippen molar-refractivity contribution in [1.82, 2.24) is 10.2 Å². The second-order valence-electron chi connectivity index (χ2n) is 4.23. The predicted molar refractivity (Wildman–Crippen MR) is 64.3 cm³/mol. The number of piperazine rings is 1. The summed E-state index contributed by atoms with van der Waals surface area (Å²) < 4.78 is 0. The molecule has 0 aliphatic carbocycles. The molecule has 1 heterocycles. The number of rotatable bonds is 2. The minimum absolute atomic E-state index is 0.246. The lowest BCUT2D eigenvalue weighted by molar-refractivity contribution is -0.131. The first kappa shape index (κ1) is 11.1. The van der Waals surface area contributed by atoms with Gasteiger partial charge in [-0.3, -0.25) is 4.79 Å². The van der Waals surface area contributed by atoms with Gasteiger partial charge in [0.15, 0.2) is 0 Å². The zero-order chi connectivity index (χ0) is 11.4. The van der Waals surface area contributed by atoms with E-state index < -0.39 is 0 Å². The van der Waals surface area contributed by atoms with Crippen LogP contribution in [0.25, 0.3) is 0 Å². The number of benzene rings is 1. The van der Waals surface area contributed by atoms with Gasteiger partial charge >= 0.3 is 0 Å². The van der Waals surface area contributed by atoms with E-state index in [1.807, 2.05) is 23.1 Å². The van der Waals surface area contributed by atoms with Crippen molar-refractivity contribution in [2.75, 3.05) is 26.2 Å². The Morgan fingerprint density at radius 2 is 2.00 bits per heavy atom. The van der Waals surface area contributed by atoms with Crippen LogP contribution in [0, 0.1) is 6.92 Å². The molecule has 2 rings (SSSR count). The molecular weight excluding hydrogens is 200 g/mol. The summed E-state index contributed by atoms with van der Waals surface area (Å²) in [5.41, 5.74) is 2.34. The number of carbonyl (C=O) groups is 1. The maximum absolute atomic E-state index is 12.0.